The number of hydrogen-bond donors (Lipinski definition) is 2. The molecular weight excluding hydrogens is 356 g/mol. The van der Waals surface area contributed by atoms with Crippen LogP contribution in [-0.2, 0) is 4.74 Å². The van der Waals surface area contributed by atoms with Crippen LogP contribution in [0, 0.1) is 13.8 Å². The molecule has 5 heteroatoms. The average Bonchev–Trinajstić information content (AvgIpc) is 2.78. The Morgan fingerprint density at radius 3 is 2.48 bits per heavy atom. The number of amides is 1. The molecule has 0 aromatic heterocycles. The molecule has 1 fully saturated rings. The summed E-state index contributed by atoms with van der Waals surface area (Å²) in [7, 11) is 0. The maximum Gasteiger partial charge on any atom is 0.407 e. The molecule has 4 nitrogen and oxygen atoms in total. The molecule has 1 saturated carbocycles. The number of anilines is 1. The molecule has 1 amide bonds. The third-order valence-corrected chi connectivity index (χ3v) is 4.56. The topological polar surface area (TPSA) is 50.4 Å². The lowest BCUT2D eigenvalue weighted by atomic mass is 10.1. The first-order valence-electron chi connectivity index (χ1n) is 8.17. The van der Waals surface area contributed by atoms with E-state index in [0.29, 0.717) is 6.04 Å². The van der Waals surface area contributed by atoms with E-state index in [-0.39, 0.29) is 12.1 Å². The fraction of sp³-hybridized carbons (Fsp3) is 0.611. The number of benzene rings is 1. The van der Waals surface area contributed by atoms with Gasteiger partial charge in [-0.1, -0.05) is 6.07 Å². The van der Waals surface area contributed by atoms with Crippen molar-refractivity contribution in [2.45, 2.75) is 71.6 Å². The van der Waals surface area contributed by atoms with E-state index < -0.39 is 5.60 Å². The molecule has 1 aromatic carbocycles. The number of carbonyl (C=O) groups is 1. The minimum Gasteiger partial charge on any atom is -0.444 e. The van der Waals surface area contributed by atoms with Crippen LogP contribution >= 0.6 is 15.9 Å². The maximum absolute atomic E-state index is 11.9. The number of aryl methyl sites for hydroxylation is 2. The lowest BCUT2D eigenvalue weighted by Crippen LogP contribution is -2.38. The Balaban J connectivity index is 1.90. The van der Waals surface area contributed by atoms with E-state index in [1.54, 1.807) is 0 Å². The summed E-state index contributed by atoms with van der Waals surface area (Å²) in [5.74, 6) is 0. The van der Waals surface area contributed by atoms with Crippen molar-refractivity contribution in [2.24, 2.45) is 0 Å². The highest BCUT2D eigenvalue weighted by molar-refractivity contribution is 9.10. The number of halogens is 1. The molecule has 2 N–H and O–H groups in total. The summed E-state index contributed by atoms with van der Waals surface area (Å²) in [6.07, 6.45) is 2.61. The lowest BCUT2D eigenvalue weighted by molar-refractivity contribution is 0.0505. The van der Waals surface area contributed by atoms with Crippen LogP contribution < -0.4 is 10.6 Å². The van der Waals surface area contributed by atoms with Crippen molar-refractivity contribution in [3.8, 4) is 0 Å². The van der Waals surface area contributed by atoms with Crippen molar-refractivity contribution in [3.05, 3.63) is 27.7 Å². The summed E-state index contributed by atoms with van der Waals surface area (Å²) in [4.78, 5) is 11.9. The summed E-state index contributed by atoms with van der Waals surface area (Å²) < 4.78 is 6.42. The smallest absolute Gasteiger partial charge is 0.407 e. The zero-order chi connectivity index (χ0) is 17.2. The maximum atomic E-state index is 11.9. The van der Waals surface area contributed by atoms with E-state index in [4.69, 9.17) is 4.74 Å². The van der Waals surface area contributed by atoms with E-state index in [9.17, 15) is 4.79 Å². The van der Waals surface area contributed by atoms with E-state index in [0.717, 1.165) is 29.4 Å². The number of alkyl carbamates (subject to hydrolysis) is 1. The Bertz CT molecular complexity index is 558. The predicted molar refractivity (Wildman–Crippen MR) is 98.0 cm³/mol. The molecule has 0 aliphatic heterocycles. The largest absolute Gasteiger partial charge is 0.444 e. The van der Waals surface area contributed by atoms with Crippen molar-refractivity contribution in [2.75, 3.05) is 5.32 Å². The van der Waals surface area contributed by atoms with Gasteiger partial charge in [0, 0.05) is 16.6 Å². The second-order valence-electron chi connectivity index (χ2n) is 7.44. The van der Waals surface area contributed by atoms with E-state index in [1.807, 2.05) is 20.8 Å². The van der Waals surface area contributed by atoms with Crippen LogP contribution in [0.25, 0.3) is 0 Å². The highest BCUT2D eigenvalue weighted by atomic mass is 79.9. The second kappa shape index (κ2) is 7.12. The fourth-order valence-electron chi connectivity index (χ4n) is 3.02. The van der Waals surface area contributed by atoms with Gasteiger partial charge in [-0.3, -0.25) is 0 Å². The Morgan fingerprint density at radius 2 is 1.87 bits per heavy atom. The fourth-order valence-corrected chi connectivity index (χ4v) is 3.81. The number of ether oxygens (including phenoxy) is 1. The average molecular weight is 383 g/mol. The third kappa shape index (κ3) is 5.41. The van der Waals surface area contributed by atoms with E-state index in [1.165, 1.54) is 11.1 Å². The molecule has 2 rings (SSSR count). The van der Waals surface area contributed by atoms with Crippen molar-refractivity contribution in [1.29, 1.82) is 0 Å². The number of nitrogens with one attached hydrogen (secondary N) is 2. The molecule has 0 bridgehead atoms. The van der Waals surface area contributed by atoms with Crippen LogP contribution in [0.4, 0.5) is 10.5 Å². The van der Waals surface area contributed by atoms with Gasteiger partial charge in [-0.25, -0.2) is 4.79 Å². The minimum absolute atomic E-state index is 0.173. The summed E-state index contributed by atoms with van der Waals surface area (Å²) in [6, 6.07) is 4.85. The summed E-state index contributed by atoms with van der Waals surface area (Å²) in [5.41, 5.74) is 3.18. The summed E-state index contributed by atoms with van der Waals surface area (Å²) in [5, 5.41) is 6.59. The normalized spacial score (nSPS) is 21.1. The van der Waals surface area contributed by atoms with Crippen molar-refractivity contribution in [1.82, 2.24) is 5.32 Å². The number of hydrogen-bond acceptors (Lipinski definition) is 3. The quantitative estimate of drug-likeness (QED) is 0.779. The lowest BCUT2D eigenvalue weighted by Gasteiger charge is -2.22. The van der Waals surface area contributed by atoms with E-state index in [2.05, 4.69) is 52.5 Å². The van der Waals surface area contributed by atoms with Gasteiger partial charge >= 0.3 is 6.09 Å². The standard InChI is InChI=1S/C18H27BrN2O2/c1-11-8-12(2)16(15(19)9-11)20-13-6-7-14(10-13)21-17(22)23-18(3,4)5/h8-9,13-14,20H,6-7,10H2,1-5H3,(H,21,22). The van der Waals surface area contributed by atoms with Gasteiger partial charge in [-0.2, -0.15) is 0 Å². The van der Waals surface area contributed by atoms with Gasteiger partial charge in [0.25, 0.3) is 0 Å². The highest BCUT2D eigenvalue weighted by Gasteiger charge is 2.28. The highest BCUT2D eigenvalue weighted by Crippen LogP contribution is 2.31. The molecule has 2 unspecified atom stereocenters. The molecule has 128 valence electrons. The minimum atomic E-state index is -0.454. The Labute approximate surface area is 147 Å². The Hall–Kier alpha value is -1.23. The summed E-state index contributed by atoms with van der Waals surface area (Å²) >= 11 is 3.64. The molecular formula is C18H27BrN2O2. The SMILES string of the molecule is Cc1cc(C)c(NC2CCC(NC(=O)OC(C)(C)C)C2)c(Br)c1. The first-order chi connectivity index (χ1) is 10.6. The van der Waals surface area contributed by atoms with Gasteiger partial charge in [-0.15, -0.1) is 0 Å². The van der Waals surface area contributed by atoms with Crippen molar-refractivity contribution >= 4 is 27.7 Å². The zero-order valence-corrected chi connectivity index (χ0v) is 16.2. The van der Waals surface area contributed by atoms with Gasteiger partial charge in [0.05, 0.1) is 5.69 Å². The van der Waals surface area contributed by atoms with Gasteiger partial charge in [0.1, 0.15) is 5.60 Å². The van der Waals surface area contributed by atoms with Crippen LogP contribution in [0.3, 0.4) is 0 Å². The molecule has 1 aliphatic rings. The van der Waals surface area contributed by atoms with Gasteiger partial charge in [-0.05, 0) is 87.0 Å². The molecule has 0 saturated heterocycles. The Morgan fingerprint density at radius 1 is 1.22 bits per heavy atom. The van der Waals surface area contributed by atoms with Crippen LogP contribution in [0.1, 0.15) is 51.2 Å². The van der Waals surface area contributed by atoms with Crippen molar-refractivity contribution in [3.63, 3.8) is 0 Å². The predicted octanol–water partition coefficient (Wildman–Crippen LogP) is 4.92. The van der Waals surface area contributed by atoms with Crippen LogP contribution in [-0.4, -0.2) is 23.8 Å². The molecule has 1 aromatic rings. The number of rotatable bonds is 3. The molecule has 1 aliphatic carbocycles. The van der Waals surface area contributed by atoms with Crippen LogP contribution in [0.15, 0.2) is 16.6 Å². The van der Waals surface area contributed by atoms with Crippen LogP contribution in [0.5, 0.6) is 0 Å². The first-order valence-corrected chi connectivity index (χ1v) is 8.96. The van der Waals surface area contributed by atoms with Gasteiger partial charge in [0.15, 0.2) is 0 Å². The van der Waals surface area contributed by atoms with Crippen LogP contribution in [0.2, 0.25) is 0 Å². The summed E-state index contributed by atoms with van der Waals surface area (Å²) in [6.45, 7) is 9.85. The molecule has 0 heterocycles. The Kier molecular flexibility index (Phi) is 5.61. The van der Waals surface area contributed by atoms with Gasteiger partial charge < -0.3 is 15.4 Å². The first kappa shape index (κ1) is 18.1. The van der Waals surface area contributed by atoms with E-state index >= 15 is 0 Å². The van der Waals surface area contributed by atoms with Gasteiger partial charge in [0.2, 0.25) is 0 Å². The second-order valence-corrected chi connectivity index (χ2v) is 8.29. The molecule has 0 radical (unpaired) electrons. The number of carbonyl (C=O) groups excluding carboxylic acids is 1. The molecule has 0 spiro atoms. The zero-order valence-electron chi connectivity index (χ0n) is 14.6. The third-order valence-electron chi connectivity index (χ3n) is 3.93. The molecule has 23 heavy (non-hydrogen) atoms. The van der Waals surface area contributed by atoms with Crippen molar-refractivity contribution < 1.29 is 9.53 Å². The monoisotopic (exact) mass is 382 g/mol. The molecule has 2 atom stereocenters.